The SMILES string of the molecule is Cc1ccnc(N(C)c2ccc(O)cc2)c1N. The Kier molecular flexibility index (Phi) is 2.87. The van der Waals surface area contributed by atoms with Crippen LogP contribution in [0.2, 0.25) is 0 Å². The van der Waals surface area contributed by atoms with Gasteiger partial charge in [-0.2, -0.15) is 0 Å². The molecule has 1 aromatic carbocycles. The van der Waals surface area contributed by atoms with E-state index in [2.05, 4.69) is 4.98 Å². The van der Waals surface area contributed by atoms with Crippen molar-refractivity contribution in [3.8, 4) is 5.75 Å². The van der Waals surface area contributed by atoms with E-state index in [-0.39, 0.29) is 5.75 Å². The largest absolute Gasteiger partial charge is 0.508 e. The number of aryl methyl sites for hydroxylation is 1. The molecule has 1 aromatic heterocycles. The van der Waals surface area contributed by atoms with Gasteiger partial charge in [0.2, 0.25) is 0 Å². The van der Waals surface area contributed by atoms with Gasteiger partial charge in [-0.3, -0.25) is 0 Å². The van der Waals surface area contributed by atoms with Crippen molar-refractivity contribution in [2.24, 2.45) is 0 Å². The highest BCUT2D eigenvalue weighted by molar-refractivity contribution is 5.72. The highest BCUT2D eigenvalue weighted by Crippen LogP contribution is 2.29. The van der Waals surface area contributed by atoms with Gasteiger partial charge in [0.1, 0.15) is 5.75 Å². The lowest BCUT2D eigenvalue weighted by atomic mass is 10.2. The lowest BCUT2D eigenvalue weighted by Crippen LogP contribution is -2.13. The molecule has 0 radical (unpaired) electrons. The van der Waals surface area contributed by atoms with Crippen LogP contribution in [-0.4, -0.2) is 17.1 Å². The molecule has 17 heavy (non-hydrogen) atoms. The Morgan fingerprint density at radius 3 is 2.47 bits per heavy atom. The van der Waals surface area contributed by atoms with Crippen LogP contribution < -0.4 is 10.6 Å². The lowest BCUT2D eigenvalue weighted by molar-refractivity contribution is 0.475. The second kappa shape index (κ2) is 4.33. The van der Waals surface area contributed by atoms with Crippen molar-refractivity contribution in [3.05, 3.63) is 42.1 Å². The first-order valence-electron chi connectivity index (χ1n) is 5.33. The number of benzene rings is 1. The van der Waals surface area contributed by atoms with E-state index >= 15 is 0 Å². The van der Waals surface area contributed by atoms with Crippen molar-refractivity contribution < 1.29 is 5.11 Å². The molecule has 0 saturated carbocycles. The molecule has 2 aromatic rings. The molecule has 2 rings (SSSR count). The van der Waals surface area contributed by atoms with Crippen LogP contribution in [0.4, 0.5) is 17.2 Å². The van der Waals surface area contributed by atoms with E-state index < -0.39 is 0 Å². The number of rotatable bonds is 2. The molecule has 3 N–H and O–H groups in total. The first-order valence-corrected chi connectivity index (χ1v) is 5.33. The number of hydrogen-bond acceptors (Lipinski definition) is 4. The topological polar surface area (TPSA) is 62.4 Å². The fourth-order valence-corrected chi connectivity index (χ4v) is 1.62. The molecular formula is C13H15N3O. The minimum absolute atomic E-state index is 0.243. The minimum Gasteiger partial charge on any atom is -0.508 e. The van der Waals surface area contributed by atoms with Gasteiger partial charge in [0, 0.05) is 18.9 Å². The predicted octanol–water partition coefficient (Wildman–Crippen LogP) is 2.45. The quantitative estimate of drug-likeness (QED) is 0.830. The fourth-order valence-electron chi connectivity index (χ4n) is 1.62. The van der Waals surface area contributed by atoms with E-state index in [0.717, 1.165) is 17.1 Å². The molecule has 0 aliphatic heterocycles. The molecule has 0 bridgehead atoms. The molecule has 4 heteroatoms. The number of nitrogen functional groups attached to an aromatic ring is 1. The van der Waals surface area contributed by atoms with Gasteiger partial charge >= 0.3 is 0 Å². The number of aromatic hydroxyl groups is 1. The second-order valence-corrected chi connectivity index (χ2v) is 3.94. The van der Waals surface area contributed by atoms with Crippen molar-refractivity contribution >= 4 is 17.2 Å². The molecule has 88 valence electrons. The third kappa shape index (κ3) is 2.15. The molecule has 4 nitrogen and oxygen atoms in total. The van der Waals surface area contributed by atoms with E-state index in [0.29, 0.717) is 5.69 Å². The molecule has 0 unspecified atom stereocenters. The van der Waals surface area contributed by atoms with Crippen LogP contribution in [0.1, 0.15) is 5.56 Å². The van der Waals surface area contributed by atoms with E-state index in [4.69, 9.17) is 5.73 Å². The second-order valence-electron chi connectivity index (χ2n) is 3.94. The highest BCUT2D eigenvalue weighted by Gasteiger charge is 2.10. The van der Waals surface area contributed by atoms with Crippen molar-refractivity contribution in [2.45, 2.75) is 6.92 Å². The van der Waals surface area contributed by atoms with Crippen molar-refractivity contribution in [3.63, 3.8) is 0 Å². The zero-order valence-electron chi connectivity index (χ0n) is 9.88. The summed E-state index contributed by atoms with van der Waals surface area (Å²) in [5, 5.41) is 9.25. The van der Waals surface area contributed by atoms with Gasteiger partial charge in [0.25, 0.3) is 0 Å². The highest BCUT2D eigenvalue weighted by atomic mass is 16.3. The summed E-state index contributed by atoms with van der Waals surface area (Å²) in [5.74, 6) is 0.961. The number of anilines is 3. The molecule has 0 amide bonds. The Hall–Kier alpha value is -2.23. The maximum absolute atomic E-state index is 9.25. The maximum atomic E-state index is 9.25. The fraction of sp³-hybridized carbons (Fsp3) is 0.154. The van der Waals surface area contributed by atoms with Gasteiger partial charge in [0.05, 0.1) is 5.69 Å². The number of nitrogens with zero attached hydrogens (tertiary/aromatic N) is 2. The maximum Gasteiger partial charge on any atom is 0.156 e. The molecule has 0 aliphatic rings. The molecular weight excluding hydrogens is 214 g/mol. The summed E-state index contributed by atoms with van der Waals surface area (Å²) in [5.41, 5.74) is 8.59. The van der Waals surface area contributed by atoms with Gasteiger partial charge < -0.3 is 15.7 Å². The number of hydrogen-bond donors (Lipinski definition) is 2. The van der Waals surface area contributed by atoms with Crippen LogP contribution >= 0.6 is 0 Å². The number of phenols is 1. The molecule has 0 saturated heterocycles. The molecule has 0 spiro atoms. The van der Waals surface area contributed by atoms with Crippen LogP contribution in [-0.2, 0) is 0 Å². The van der Waals surface area contributed by atoms with Crippen molar-refractivity contribution in [1.82, 2.24) is 4.98 Å². The van der Waals surface area contributed by atoms with Crippen LogP contribution in [0.5, 0.6) is 5.75 Å². The first-order chi connectivity index (χ1) is 8.09. The van der Waals surface area contributed by atoms with Crippen LogP contribution in [0, 0.1) is 6.92 Å². The number of phenolic OH excluding ortho intramolecular Hbond substituents is 1. The van der Waals surface area contributed by atoms with E-state index in [9.17, 15) is 5.11 Å². The zero-order chi connectivity index (χ0) is 12.4. The van der Waals surface area contributed by atoms with Crippen LogP contribution in [0.25, 0.3) is 0 Å². The summed E-state index contributed by atoms with van der Waals surface area (Å²) in [4.78, 5) is 6.17. The monoisotopic (exact) mass is 229 g/mol. The summed E-state index contributed by atoms with van der Waals surface area (Å²) in [6, 6.07) is 8.79. The Morgan fingerprint density at radius 2 is 1.82 bits per heavy atom. The predicted molar refractivity (Wildman–Crippen MR) is 69.6 cm³/mol. The standard InChI is InChI=1S/C13H15N3O/c1-9-7-8-15-13(12(9)14)16(2)10-3-5-11(17)6-4-10/h3-8,17H,14H2,1-2H3. The zero-order valence-corrected chi connectivity index (χ0v) is 9.88. The Labute approximate surface area is 100 Å². The molecule has 0 aliphatic carbocycles. The molecule has 0 fully saturated rings. The number of aromatic nitrogens is 1. The average molecular weight is 229 g/mol. The molecule has 1 heterocycles. The van der Waals surface area contributed by atoms with E-state index in [1.807, 2.05) is 37.1 Å². The van der Waals surface area contributed by atoms with Gasteiger partial charge in [-0.25, -0.2) is 4.98 Å². The molecule has 0 atom stereocenters. The smallest absolute Gasteiger partial charge is 0.156 e. The summed E-state index contributed by atoms with van der Waals surface area (Å²) >= 11 is 0. The lowest BCUT2D eigenvalue weighted by Gasteiger charge is -2.20. The van der Waals surface area contributed by atoms with Gasteiger partial charge in [0.15, 0.2) is 5.82 Å². The van der Waals surface area contributed by atoms with Crippen LogP contribution in [0.15, 0.2) is 36.5 Å². The Balaban J connectivity index is 2.40. The first kappa shape index (κ1) is 11.3. The van der Waals surface area contributed by atoms with Crippen molar-refractivity contribution in [2.75, 3.05) is 17.7 Å². The number of pyridine rings is 1. The van der Waals surface area contributed by atoms with Gasteiger partial charge in [-0.15, -0.1) is 0 Å². The summed E-state index contributed by atoms with van der Waals surface area (Å²) < 4.78 is 0. The van der Waals surface area contributed by atoms with E-state index in [1.54, 1.807) is 18.3 Å². The van der Waals surface area contributed by atoms with Crippen molar-refractivity contribution in [1.29, 1.82) is 0 Å². The normalized spacial score (nSPS) is 10.2. The minimum atomic E-state index is 0.243. The summed E-state index contributed by atoms with van der Waals surface area (Å²) in [6.07, 6.45) is 1.73. The van der Waals surface area contributed by atoms with E-state index in [1.165, 1.54) is 0 Å². The Bertz CT molecular complexity index is 523. The Morgan fingerprint density at radius 1 is 1.18 bits per heavy atom. The third-order valence-corrected chi connectivity index (χ3v) is 2.74. The third-order valence-electron chi connectivity index (χ3n) is 2.74. The van der Waals surface area contributed by atoms with Crippen LogP contribution in [0.3, 0.4) is 0 Å². The van der Waals surface area contributed by atoms with Gasteiger partial charge in [-0.1, -0.05) is 0 Å². The van der Waals surface area contributed by atoms with Gasteiger partial charge in [-0.05, 0) is 42.8 Å². The number of nitrogens with two attached hydrogens (primary N) is 1. The average Bonchev–Trinajstić information content (AvgIpc) is 2.33. The summed E-state index contributed by atoms with van der Waals surface area (Å²) in [6.45, 7) is 1.95. The summed E-state index contributed by atoms with van der Waals surface area (Å²) in [7, 11) is 1.89.